The van der Waals surface area contributed by atoms with Crippen LogP contribution in [0.25, 0.3) is 0 Å². The van der Waals surface area contributed by atoms with E-state index in [-0.39, 0.29) is 5.97 Å². The summed E-state index contributed by atoms with van der Waals surface area (Å²) in [5.41, 5.74) is 0. The lowest BCUT2D eigenvalue weighted by molar-refractivity contribution is -0.142. The van der Waals surface area contributed by atoms with Gasteiger partial charge in [-0.05, 0) is 6.92 Å². The van der Waals surface area contributed by atoms with Crippen LogP contribution in [-0.2, 0) is 9.53 Å². The Hall–Kier alpha value is -0.570. The van der Waals surface area contributed by atoms with Gasteiger partial charge in [-0.3, -0.25) is 4.79 Å². The first kappa shape index (κ1) is 9.43. The molecule has 0 saturated carbocycles. The maximum Gasteiger partial charge on any atom is 0.307 e. The zero-order chi connectivity index (χ0) is 7.82. The average Bonchev–Trinajstić information content (AvgIpc) is 1.89. The summed E-state index contributed by atoms with van der Waals surface area (Å²) < 4.78 is 4.69. The molecular formula is C7H14NO2. The van der Waals surface area contributed by atoms with Crippen molar-refractivity contribution in [2.75, 3.05) is 19.7 Å². The van der Waals surface area contributed by atoms with Crippen molar-refractivity contribution in [1.29, 1.82) is 0 Å². The van der Waals surface area contributed by atoms with Gasteiger partial charge in [0.15, 0.2) is 0 Å². The summed E-state index contributed by atoms with van der Waals surface area (Å²) in [6, 6.07) is 0. The zero-order valence-corrected chi connectivity index (χ0v) is 6.59. The van der Waals surface area contributed by atoms with E-state index < -0.39 is 0 Å². The number of ether oxygens (including phenoxy) is 1. The topological polar surface area (TPSA) is 40.4 Å². The number of carbonyl (C=O) groups excluding carboxylic acids is 1. The third-order valence-corrected chi connectivity index (χ3v) is 1.00. The number of nitrogens with zero attached hydrogens (tertiary/aromatic N) is 1. The quantitative estimate of drug-likeness (QED) is 0.418. The lowest BCUT2D eigenvalue weighted by Crippen LogP contribution is -2.12. The Bertz CT molecular complexity index is 93.6. The average molecular weight is 144 g/mol. The highest BCUT2D eigenvalue weighted by molar-refractivity contribution is 5.69. The molecule has 0 atom stereocenters. The van der Waals surface area contributed by atoms with Crippen molar-refractivity contribution >= 4 is 5.97 Å². The van der Waals surface area contributed by atoms with Gasteiger partial charge in [-0.1, -0.05) is 6.92 Å². The van der Waals surface area contributed by atoms with E-state index in [4.69, 9.17) is 0 Å². The maximum atomic E-state index is 10.6. The molecule has 0 aliphatic carbocycles. The first-order valence-corrected chi connectivity index (χ1v) is 3.60. The van der Waals surface area contributed by atoms with Crippen LogP contribution in [0.1, 0.15) is 20.3 Å². The highest BCUT2D eigenvalue weighted by Crippen LogP contribution is 1.83. The van der Waals surface area contributed by atoms with Crippen LogP contribution in [0.4, 0.5) is 0 Å². The van der Waals surface area contributed by atoms with Crippen LogP contribution in [0.5, 0.6) is 0 Å². The molecule has 10 heavy (non-hydrogen) atoms. The second-order valence-corrected chi connectivity index (χ2v) is 1.82. The Morgan fingerprint density at radius 2 is 2.20 bits per heavy atom. The molecule has 0 aliphatic heterocycles. The molecule has 0 N–H and O–H groups in total. The van der Waals surface area contributed by atoms with Crippen LogP contribution in [-0.4, -0.2) is 25.7 Å². The van der Waals surface area contributed by atoms with Gasteiger partial charge in [-0.15, -0.1) is 0 Å². The molecule has 1 radical (unpaired) electrons. The van der Waals surface area contributed by atoms with E-state index >= 15 is 0 Å². The molecule has 59 valence electrons. The summed E-state index contributed by atoms with van der Waals surface area (Å²) in [4.78, 5) is 10.6. The van der Waals surface area contributed by atoms with Gasteiger partial charge in [0.25, 0.3) is 0 Å². The Balaban J connectivity index is 3.05. The minimum absolute atomic E-state index is 0.153. The zero-order valence-electron chi connectivity index (χ0n) is 6.59. The second kappa shape index (κ2) is 6.55. The van der Waals surface area contributed by atoms with Crippen molar-refractivity contribution in [2.24, 2.45) is 0 Å². The molecule has 0 saturated heterocycles. The molecule has 0 aliphatic rings. The van der Waals surface area contributed by atoms with Crippen molar-refractivity contribution in [1.82, 2.24) is 5.32 Å². The molecule has 0 aromatic heterocycles. The number of rotatable bonds is 5. The predicted octanol–water partition coefficient (Wildman–Crippen LogP) is 0.564. The molecule has 3 nitrogen and oxygen atoms in total. The standard InChI is InChI=1S/C7H14NO2/c1-3-8-6-5-7(9)10-4-2/h3-6H2,1-2H3. The summed E-state index contributed by atoms with van der Waals surface area (Å²) in [5.74, 6) is -0.153. The molecule has 3 heteroatoms. The maximum absolute atomic E-state index is 10.6. The van der Waals surface area contributed by atoms with Gasteiger partial charge in [0.2, 0.25) is 0 Å². The summed E-state index contributed by atoms with van der Waals surface area (Å²) >= 11 is 0. The van der Waals surface area contributed by atoms with Gasteiger partial charge < -0.3 is 4.74 Å². The number of carbonyl (C=O) groups is 1. The predicted molar refractivity (Wildman–Crippen MR) is 38.8 cm³/mol. The molecule has 0 spiro atoms. The van der Waals surface area contributed by atoms with Crippen LogP contribution in [0.3, 0.4) is 0 Å². The van der Waals surface area contributed by atoms with E-state index in [9.17, 15) is 4.79 Å². The molecule has 0 aromatic carbocycles. The highest BCUT2D eigenvalue weighted by atomic mass is 16.5. The molecule has 0 amide bonds. The highest BCUT2D eigenvalue weighted by Gasteiger charge is 1.98. The van der Waals surface area contributed by atoms with Crippen molar-refractivity contribution in [3.8, 4) is 0 Å². The smallest absolute Gasteiger partial charge is 0.307 e. The SMILES string of the molecule is CC[N]CCC(=O)OCC. The minimum Gasteiger partial charge on any atom is -0.466 e. The Kier molecular flexibility index (Phi) is 6.18. The molecule has 0 fully saturated rings. The summed E-state index contributed by atoms with van der Waals surface area (Å²) in [6.45, 7) is 5.58. The van der Waals surface area contributed by atoms with Gasteiger partial charge in [0.1, 0.15) is 0 Å². The van der Waals surface area contributed by atoms with E-state index in [1.165, 1.54) is 0 Å². The van der Waals surface area contributed by atoms with Gasteiger partial charge >= 0.3 is 5.97 Å². The number of esters is 1. The van der Waals surface area contributed by atoms with Crippen LogP contribution in [0.15, 0.2) is 0 Å². The third-order valence-electron chi connectivity index (χ3n) is 1.00. The number of hydrogen-bond acceptors (Lipinski definition) is 2. The monoisotopic (exact) mass is 144 g/mol. The Morgan fingerprint density at radius 3 is 2.70 bits per heavy atom. The fraction of sp³-hybridized carbons (Fsp3) is 0.857. The van der Waals surface area contributed by atoms with E-state index in [0.29, 0.717) is 19.6 Å². The molecule has 0 bridgehead atoms. The largest absolute Gasteiger partial charge is 0.466 e. The first-order valence-electron chi connectivity index (χ1n) is 3.60. The van der Waals surface area contributed by atoms with E-state index in [1.807, 2.05) is 6.92 Å². The van der Waals surface area contributed by atoms with Gasteiger partial charge in [0, 0.05) is 13.1 Å². The molecule has 0 heterocycles. The fourth-order valence-electron chi connectivity index (χ4n) is 0.562. The van der Waals surface area contributed by atoms with Crippen molar-refractivity contribution in [2.45, 2.75) is 20.3 Å². The van der Waals surface area contributed by atoms with Crippen LogP contribution >= 0.6 is 0 Å². The van der Waals surface area contributed by atoms with E-state index in [1.54, 1.807) is 6.92 Å². The second-order valence-electron chi connectivity index (χ2n) is 1.82. The van der Waals surface area contributed by atoms with Crippen molar-refractivity contribution in [3.63, 3.8) is 0 Å². The normalized spacial score (nSPS) is 9.40. The lowest BCUT2D eigenvalue weighted by Gasteiger charge is -1.99. The first-order chi connectivity index (χ1) is 4.81. The van der Waals surface area contributed by atoms with E-state index in [2.05, 4.69) is 10.1 Å². The van der Waals surface area contributed by atoms with Gasteiger partial charge in [-0.2, -0.15) is 0 Å². The summed E-state index contributed by atoms with van der Waals surface area (Å²) in [5, 5.41) is 3.99. The fourth-order valence-corrected chi connectivity index (χ4v) is 0.562. The molecule has 0 unspecified atom stereocenters. The molecular weight excluding hydrogens is 130 g/mol. The minimum atomic E-state index is -0.153. The van der Waals surface area contributed by atoms with Crippen LogP contribution < -0.4 is 5.32 Å². The summed E-state index contributed by atoms with van der Waals surface area (Å²) in [6.07, 6.45) is 0.418. The van der Waals surface area contributed by atoms with Crippen LogP contribution in [0.2, 0.25) is 0 Å². The van der Waals surface area contributed by atoms with Gasteiger partial charge in [-0.25, -0.2) is 5.32 Å². The van der Waals surface area contributed by atoms with Gasteiger partial charge in [0.05, 0.1) is 13.0 Å². The van der Waals surface area contributed by atoms with Crippen LogP contribution in [0, 0.1) is 0 Å². The molecule has 0 aromatic rings. The third kappa shape index (κ3) is 5.56. The van der Waals surface area contributed by atoms with E-state index in [0.717, 1.165) is 6.54 Å². The van der Waals surface area contributed by atoms with Crippen molar-refractivity contribution < 1.29 is 9.53 Å². The molecule has 0 rings (SSSR count). The number of hydrogen-bond donors (Lipinski definition) is 0. The lowest BCUT2D eigenvalue weighted by atomic mass is 10.4. The Labute approximate surface area is 61.8 Å². The van der Waals surface area contributed by atoms with Crippen molar-refractivity contribution in [3.05, 3.63) is 0 Å². The Morgan fingerprint density at radius 1 is 1.50 bits per heavy atom. The summed E-state index contributed by atoms with van der Waals surface area (Å²) in [7, 11) is 0.